The molecule has 2 nitrogen and oxygen atoms in total. The molecule has 1 unspecified atom stereocenters. The number of alkyl halides is 3. The minimum Gasteiger partial charge on any atom is -0.373 e. The zero-order chi connectivity index (χ0) is 13.7. The van der Waals surface area contributed by atoms with Crippen LogP contribution in [0.25, 0.3) is 0 Å². The van der Waals surface area contributed by atoms with Crippen molar-refractivity contribution in [2.24, 2.45) is 0 Å². The second-order valence-electron chi connectivity index (χ2n) is 4.81. The molecule has 1 saturated heterocycles. The standard InChI is InChI=1S/C14H18F3NO/c15-14(16,17)12-4-1-3-11(9-12)10-19-13-5-2-7-18-8-6-13/h1,3-4,9,13,18H,2,5-8,10H2. The number of benzene rings is 1. The van der Waals surface area contributed by atoms with Crippen LogP contribution in [0.15, 0.2) is 24.3 Å². The number of rotatable bonds is 3. The minimum absolute atomic E-state index is 0.143. The van der Waals surface area contributed by atoms with Gasteiger partial charge in [-0.25, -0.2) is 0 Å². The molecule has 1 aromatic rings. The van der Waals surface area contributed by atoms with Crippen molar-refractivity contribution < 1.29 is 17.9 Å². The van der Waals surface area contributed by atoms with Crippen molar-refractivity contribution in [2.75, 3.05) is 13.1 Å². The van der Waals surface area contributed by atoms with Gasteiger partial charge in [0.25, 0.3) is 0 Å². The van der Waals surface area contributed by atoms with E-state index in [-0.39, 0.29) is 12.7 Å². The van der Waals surface area contributed by atoms with Crippen LogP contribution < -0.4 is 5.32 Å². The highest BCUT2D eigenvalue weighted by Crippen LogP contribution is 2.29. The molecule has 1 aromatic carbocycles. The van der Waals surface area contributed by atoms with E-state index in [2.05, 4.69) is 5.32 Å². The Morgan fingerprint density at radius 3 is 2.84 bits per heavy atom. The van der Waals surface area contributed by atoms with Gasteiger partial charge in [-0.15, -0.1) is 0 Å². The van der Waals surface area contributed by atoms with Gasteiger partial charge in [-0.05, 0) is 50.0 Å². The maximum Gasteiger partial charge on any atom is 0.416 e. The van der Waals surface area contributed by atoms with Crippen molar-refractivity contribution in [1.82, 2.24) is 5.32 Å². The summed E-state index contributed by atoms with van der Waals surface area (Å²) in [6.07, 6.45) is -1.22. The average molecular weight is 273 g/mol. The van der Waals surface area contributed by atoms with Crippen LogP contribution in [0.4, 0.5) is 13.2 Å². The number of halogens is 3. The minimum atomic E-state index is -4.29. The smallest absolute Gasteiger partial charge is 0.373 e. The Bertz CT molecular complexity index is 398. The second kappa shape index (κ2) is 6.39. The van der Waals surface area contributed by atoms with Crippen molar-refractivity contribution in [3.05, 3.63) is 35.4 Å². The van der Waals surface area contributed by atoms with Crippen molar-refractivity contribution in [3.63, 3.8) is 0 Å². The van der Waals surface area contributed by atoms with Gasteiger partial charge in [0.15, 0.2) is 0 Å². The molecule has 0 aliphatic carbocycles. The van der Waals surface area contributed by atoms with Crippen LogP contribution in [0.3, 0.4) is 0 Å². The molecule has 1 heterocycles. The number of hydrogen-bond acceptors (Lipinski definition) is 2. The summed E-state index contributed by atoms with van der Waals surface area (Å²) in [5, 5.41) is 3.28. The molecule has 0 aromatic heterocycles. The van der Waals surface area contributed by atoms with E-state index in [0.717, 1.165) is 44.5 Å². The van der Waals surface area contributed by atoms with Gasteiger partial charge in [0.2, 0.25) is 0 Å². The van der Waals surface area contributed by atoms with Crippen molar-refractivity contribution in [2.45, 2.75) is 38.1 Å². The fraction of sp³-hybridized carbons (Fsp3) is 0.571. The molecule has 0 bridgehead atoms. The summed E-state index contributed by atoms with van der Waals surface area (Å²) in [7, 11) is 0. The normalized spacial score (nSPS) is 21.1. The molecule has 0 spiro atoms. The van der Waals surface area contributed by atoms with E-state index in [1.807, 2.05) is 0 Å². The molecule has 5 heteroatoms. The quantitative estimate of drug-likeness (QED) is 0.911. The van der Waals surface area contributed by atoms with Crippen LogP contribution in [0, 0.1) is 0 Å². The molecule has 19 heavy (non-hydrogen) atoms. The first kappa shape index (κ1) is 14.3. The van der Waals surface area contributed by atoms with Crippen LogP contribution in [0.5, 0.6) is 0 Å². The zero-order valence-corrected chi connectivity index (χ0v) is 10.7. The van der Waals surface area contributed by atoms with Crippen molar-refractivity contribution in [3.8, 4) is 0 Å². The van der Waals surface area contributed by atoms with Crippen molar-refractivity contribution in [1.29, 1.82) is 0 Å². The van der Waals surface area contributed by atoms with Gasteiger partial charge >= 0.3 is 6.18 Å². The molecule has 0 radical (unpaired) electrons. The van der Waals surface area contributed by atoms with E-state index in [1.165, 1.54) is 6.07 Å². The Hall–Kier alpha value is -1.07. The monoisotopic (exact) mass is 273 g/mol. The highest BCUT2D eigenvalue weighted by molar-refractivity contribution is 5.25. The van der Waals surface area contributed by atoms with E-state index in [4.69, 9.17) is 4.74 Å². The SMILES string of the molecule is FC(F)(F)c1cccc(COC2CCCNCC2)c1. The average Bonchev–Trinajstić information content (AvgIpc) is 2.64. The van der Waals surface area contributed by atoms with Gasteiger partial charge in [-0.3, -0.25) is 0 Å². The molecule has 1 atom stereocenters. The van der Waals surface area contributed by atoms with Gasteiger partial charge in [0.1, 0.15) is 0 Å². The van der Waals surface area contributed by atoms with Crippen LogP contribution in [-0.4, -0.2) is 19.2 Å². The fourth-order valence-electron chi connectivity index (χ4n) is 2.21. The molecular formula is C14H18F3NO. The number of nitrogens with one attached hydrogen (secondary N) is 1. The van der Waals surface area contributed by atoms with Crippen LogP contribution in [-0.2, 0) is 17.5 Å². The first-order valence-corrected chi connectivity index (χ1v) is 6.54. The lowest BCUT2D eigenvalue weighted by molar-refractivity contribution is -0.137. The molecule has 106 valence electrons. The Morgan fingerprint density at radius 2 is 2.05 bits per heavy atom. The lowest BCUT2D eigenvalue weighted by atomic mass is 10.1. The van der Waals surface area contributed by atoms with Crippen molar-refractivity contribution >= 4 is 0 Å². The topological polar surface area (TPSA) is 21.3 Å². The molecule has 1 aliphatic heterocycles. The summed E-state index contributed by atoms with van der Waals surface area (Å²) in [5.41, 5.74) is -0.0387. The summed E-state index contributed by atoms with van der Waals surface area (Å²) in [4.78, 5) is 0. The van der Waals surface area contributed by atoms with Crippen LogP contribution in [0.2, 0.25) is 0 Å². The summed E-state index contributed by atoms with van der Waals surface area (Å²) in [6, 6.07) is 5.34. The lowest BCUT2D eigenvalue weighted by Crippen LogP contribution is -2.17. The largest absolute Gasteiger partial charge is 0.416 e. The molecular weight excluding hydrogens is 255 g/mol. The summed E-state index contributed by atoms with van der Waals surface area (Å²) >= 11 is 0. The van der Waals surface area contributed by atoms with Gasteiger partial charge in [-0.1, -0.05) is 12.1 Å². The van der Waals surface area contributed by atoms with E-state index in [0.29, 0.717) is 5.56 Å². The molecule has 0 amide bonds. The lowest BCUT2D eigenvalue weighted by Gasteiger charge is -2.15. The summed E-state index contributed by atoms with van der Waals surface area (Å²) < 4.78 is 43.4. The van der Waals surface area contributed by atoms with E-state index < -0.39 is 11.7 Å². The Kier molecular flexibility index (Phi) is 4.82. The van der Waals surface area contributed by atoms with E-state index >= 15 is 0 Å². The number of hydrogen-bond donors (Lipinski definition) is 1. The first-order chi connectivity index (χ1) is 9.05. The maximum atomic E-state index is 12.6. The summed E-state index contributed by atoms with van der Waals surface area (Å²) in [6.45, 7) is 2.14. The molecule has 1 N–H and O–H groups in total. The van der Waals surface area contributed by atoms with Gasteiger partial charge in [-0.2, -0.15) is 13.2 Å². The highest BCUT2D eigenvalue weighted by atomic mass is 19.4. The molecule has 1 aliphatic rings. The van der Waals surface area contributed by atoms with E-state index in [9.17, 15) is 13.2 Å². The predicted octanol–water partition coefficient (Wildman–Crippen LogP) is 3.36. The predicted molar refractivity (Wildman–Crippen MR) is 66.7 cm³/mol. The second-order valence-corrected chi connectivity index (χ2v) is 4.81. The Balaban J connectivity index is 1.92. The molecule has 0 saturated carbocycles. The Labute approximate surface area is 111 Å². The Morgan fingerprint density at radius 1 is 1.21 bits per heavy atom. The van der Waals surface area contributed by atoms with E-state index in [1.54, 1.807) is 6.07 Å². The number of ether oxygens (including phenoxy) is 1. The zero-order valence-electron chi connectivity index (χ0n) is 10.7. The third-order valence-corrected chi connectivity index (χ3v) is 3.26. The van der Waals surface area contributed by atoms with Crippen LogP contribution in [0.1, 0.15) is 30.4 Å². The van der Waals surface area contributed by atoms with Gasteiger partial charge in [0.05, 0.1) is 18.3 Å². The van der Waals surface area contributed by atoms with Crippen LogP contribution >= 0.6 is 0 Å². The van der Waals surface area contributed by atoms with Gasteiger partial charge in [0, 0.05) is 0 Å². The summed E-state index contributed by atoms with van der Waals surface area (Å²) in [5.74, 6) is 0. The first-order valence-electron chi connectivity index (χ1n) is 6.54. The van der Waals surface area contributed by atoms with Gasteiger partial charge < -0.3 is 10.1 Å². The highest BCUT2D eigenvalue weighted by Gasteiger charge is 2.30. The third kappa shape index (κ3) is 4.51. The molecule has 1 fully saturated rings. The third-order valence-electron chi connectivity index (χ3n) is 3.26. The molecule has 2 rings (SSSR count). The fourth-order valence-corrected chi connectivity index (χ4v) is 2.21. The maximum absolute atomic E-state index is 12.6.